The SMILES string of the molecule is NS(=O)(=O)c1ccccc1-c1cc(F)c(F)cc1-c1cccc(Cl)c1. The van der Waals surface area contributed by atoms with Gasteiger partial charge in [-0.2, -0.15) is 0 Å². The topological polar surface area (TPSA) is 60.2 Å². The summed E-state index contributed by atoms with van der Waals surface area (Å²) in [4.78, 5) is -0.177. The quantitative estimate of drug-likeness (QED) is 0.723. The first kappa shape index (κ1) is 17.5. The van der Waals surface area contributed by atoms with E-state index in [9.17, 15) is 17.2 Å². The Morgan fingerprint density at radius 1 is 0.800 bits per heavy atom. The number of benzene rings is 3. The molecule has 0 aliphatic rings. The Morgan fingerprint density at radius 3 is 2.08 bits per heavy atom. The van der Waals surface area contributed by atoms with Crippen LogP contribution in [0, 0.1) is 11.6 Å². The van der Waals surface area contributed by atoms with Crippen molar-refractivity contribution in [3.63, 3.8) is 0 Å². The lowest BCUT2D eigenvalue weighted by Gasteiger charge is -2.14. The molecular formula is C18H12ClF2NO2S. The third kappa shape index (κ3) is 3.56. The molecule has 0 radical (unpaired) electrons. The van der Waals surface area contributed by atoms with Crippen LogP contribution in [0.3, 0.4) is 0 Å². The van der Waals surface area contributed by atoms with Crippen LogP contribution in [0.5, 0.6) is 0 Å². The fourth-order valence-corrected chi connectivity index (χ4v) is 3.54. The zero-order valence-corrected chi connectivity index (χ0v) is 14.3. The highest BCUT2D eigenvalue weighted by Gasteiger charge is 2.20. The van der Waals surface area contributed by atoms with Crippen LogP contribution in [0.25, 0.3) is 22.3 Å². The molecule has 25 heavy (non-hydrogen) atoms. The van der Waals surface area contributed by atoms with Crippen LogP contribution in [0.4, 0.5) is 8.78 Å². The Balaban J connectivity index is 2.37. The van der Waals surface area contributed by atoms with Gasteiger partial charge >= 0.3 is 0 Å². The number of primary sulfonamides is 1. The molecule has 0 saturated carbocycles. The van der Waals surface area contributed by atoms with Crippen LogP contribution < -0.4 is 5.14 Å². The molecule has 0 bridgehead atoms. The van der Waals surface area contributed by atoms with E-state index in [1.54, 1.807) is 30.3 Å². The second-order valence-corrected chi connectivity index (χ2v) is 7.33. The van der Waals surface area contributed by atoms with Gasteiger partial charge in [-0.1, -0.05) is 41.9 Å². The monoisotopic (exact) mass is 379 g/mol. The molecule has 0 spiro atoms. The van der Waals surface area contributed by atoms with Crippen molar-refractivity contribution in [3.05, 3.63) is 77.3 Å². The van der Waals surface area contributed by atoms with Gasteiger partial charge in [-0.15, -0.1) is 0 Å². The van der Waals surface area contributed by atoms with Gasteiger partial charge in [-0.3, -0.25) is 0 Å². The van der Waals surface area contributed by atoms with Crippen molar-refractivity contribution in [1.82, 2.24) is 0 Å². The summed E-state index contributed by atoms with van der Waals surface area (Å²) in [5.74, 6) is -2.14. The standard InChI is InChI=1S/C18H12ClF2NO2S/c19-12-5-3-4-11(8-12)14-9-16(20)17(21)10-15(14)13-6-1-2-7-18(13)25(22,23)24/h1-10H,(H2,22,23,24). The van der Waals surface area contributed by atoms with E-state index in [2.05, 4.69) is 0 Å². The minimum Gasteiger partial charge on any atom is -0.225 e. The molecule has 0 amide bonds. The summed E-state index contributed by atoms with van der Waals surface area (Å²) in [6.45, 7) is 0. The van der Waals surface area contributed by atoms with Gasteiger partial charge in [-0.25, -0.2) is 22.3 Å². The van der Waals surface area contributed by atoms with E-state index in [-0.39, 0.29) is 16.0 Å². The van der Waals surface area contributed by atoms with E-state index in [4.69, 9.17) is 16.7 Å². The summed E-state index contributed by atoms with van der Waals surface area (Å²) in [7, 11) is -4.05. The molecule has 0 aromatic heterocycles. The number of hydrogen-bond acceptors (Lipinski definition) is 2. The lowest BCUT2D eigenvalue weighted by molar-refractivity contribution is 0.509. The second-order valence-electron chi connectivity index (χ2n) is 5.36. The van der Waals surface area contributed by atoms with Gasteiger partial charge in [0.05, 0.1) is 4.90 Å². The van der Waals surface area contributed by atoms with Crippen molar-refractivity contribution >= 4 is 21.6 Å². The van der Waals surface area contributed by atoms with Gasteiger partial charge in [0.25, 0.3) is 0 Å². The van der Waals surface area contributed by atoms with Crippen LogP contribution in [-0.4, -0.2) is 8.42 Å². The van der Waals surface area contributed by atoms with E-state index >= 15 is 0 Å². The van der Waals surface area contributed by atoms with Crippen LogP contribution in [0.15, 0.2) is 65.6 Å². The summed E-state index contributed by atoms with van der Waals surface area (Å²) in [6, 6.07) is 14.4. The van der Waals surface area contributed by atoms with E-state index < -0.39 is 21.7 Å². The Bertz CT molecular complexity index is 1070. The fourth-order valence-electron chi connectivity index (χ4n) is 2.60. The Hall–Kier alpha value is -2.28. The molecular weight excluding hydrogens is 368 g/mol. The second kappa shape index (κ2) is 6.55. The van der Waals surface area contributed by atoms with Crippen LogP contribution >= 0.6 is 11.6 Å². The van der Waals surface area contributed by atoms with Gasteiger partial charge in [0.15, 0.2) is 11.6 Å². The summed E-state index contributed by atoms with van der Waals surface area (Å²) in [5, 5.41) is 5.67. The molecule has 3 rings (SSSR count). The highest BCUT2D eigenvalue weighted by Crippen LogP contribution is 2.37. The highest BCUT2D eigenvalue weighted by molar-refractivity contribution is 7.89. The molecule has 0 aliphatic carbocycles. The van der Waals surface area contributed by atoms with E-state index in [0.29, 0.717) is 16.1 Å². The van der Waals surface area contributed by atoms with Gasteiger partial charge in [0.2, 0.25) is 10.0 Å². The molecule has 0 aliphatic heterocycles. The smallest absolute Gasteiger partial charge is 0.225 e. The van der Waals surface area contributed by atoms with Gasteiger partial charge in [-0.05, 0) is 47.0 Å². The maximum atomic E-state index is 13.9. The molecule has 0 atom stereocenters. The molecule has 0 fully saturated rings. The Labute approximate surface area is 148 Å². The number of halogens is 3. The minimum absolute atomic E-state index is 0.177. The minimum atomic E-state index is -4.05. The number of hydrogen-bond donors (Lipinski definition) is 1. The van der Waals surface area contributed by atoms with Gasteiger partial charge in [0, 0.05) is 10.6 Å². The summed E-state index contributed by atoms with van der Waals surface area (Å²) in [6.07, 6.45) is 0. The van der Waals surface area contributed by atoms with E-state index in [1.807, 2.05) is 0 Å². The molecule has 3 nitrogen and oxygen atoms in total. The normalized spacial score (nSPS) is 11.5. The number of sulfonamides is 1. The molecule has 7 heteroatoms. The van der Waals surface area contributed by atoms with Crippen LogP contribution in [0.2, 0.25) is 5.02 Å². The van der Waals surface area contributed by atoms with Crippen molar-refractivity contribution in [1.29, 1.82) is 0 Å². The van der Waals surface area contributed by atoms with Crippen LogP contribution in [-0.2, 0) is 10.0 Å². The summed E-state index contributed by atoms with van der Waals surface area (Å²) in [5.41, 5.74) is 1.20. The zero-order chi connectivity index (χ0) is 18.2. The van der Waals surface area contributed by atoms with E-state index in [1.165, 1.54) is 18.2 Å². The molecule has 0 heterocycles. The maximum Gasteiger partial charge on any atom is 0.238 e. The Morgan fingerprint density at radius 2 is 1.44 bits per heavy atom. The van der Waals surface area contributed by atoms with Crippen molar-refractivity contribution in [2.45, 2.75) is 4.90 Å². The molecule has 2 N–H and O–H groups in total. The first-order chi connectivity index (χ1) is 11.8. The first-order valence-corrected chi connectivity index (χ1v) is 9.07. The predicted molar refractivity (Wildman–Crippen MR) is 93.6 cm³/mol. The van der Waals surface area contributed by atoms with Crippen LogP contribution in [0.1, 0.15) is 0 Å². The summed E-state index contributed by atoms with van der Waals surface area (Å²) >= 11 is 5.98. The van der Waals surface area contributed by atoms with Crippen molar-refractivity contribution in [3.8, 4) is 22.3 Å². The third-order valence-electron chi connectivity index (χ3n) is 3.68. The lowest BCUT2D eigenvalue weighted by Crippen LogP contribution is -2.13. The van der Waals surface area contributed by atoms with Gasteiger partial charge in [0.1, 0.15) is 0 Å². The number of rotatable bonds is 3. The third-order valence-corrected chi connectivity index (χ3v) is 4.88. The molecule has 0 saturated heterocycles. The van der Waals surface area contributed by atoms with Crippen molar-refractivity contribution in [2.24, 2.45) is 5.14 Å². The predicted octanol–water partition coefficient (Wildman–Crippen LogP) is 4.60. The van der Waals surface area contributed by atoms with E-state index in [0.717, 1.165) is 12.1 Å². The fraction of sp³-hybridized carbons (Fsp3) is 0. The average molecular weight is 380 g/mol. The average Bonchev–Trinajstić information content (AvgIpc) is 2.56. The molecule has 0 unspecified atom stereocenters. The highest BCUT2D eigenvalue weighted by atomic mass is 35.5. The van der Waals surface area contributed by atoms with Crippen molar-refractivity contribution in [2.75, 3.05) is 0 Å². The largest absolute Gasteiger partial charge is 0.238 e. The maximum absolute atomic E-state index is 13.9. The molecule has 3 aromatic carbocycles. The van der Waals surface area contributed by atoms with Crippen molar-refractivity contribution < 1.29 is 17.2 Å². The Kier molecular flexibility index (Phi) is 4.60. The lowest BCUT2D eigenvalue weighted by atomic mass is 9.94. The first-order valence-electron chi connectivity index (χ1n) is 7.14. The molecule has 3 aromatic rings. The number of nitrogens with two attached hydrogens (primary N) is 1. The van der Waals surface area contributed by atoms with Gasteiger partial charge < -0.3 is 0 Å². The zero-order valence-electron chi connectivity index (χ0n) is 12.7. The summed E-state index contributed by atoms with van der Waals surface area (Å²) < 4.78 is 51.5. The molecule has 128 valence electrons.